The van der Waals surface area contributed by atoms with Gasteiger partial charge in [0, 0.05) is 19.8 Å². The molecule has 2 heterocycles. The Morgan fingerprint density at radius 3 is 2.71 bits per heavy atom. The van der Waals surface area contributed by atoms with E-state index in [1.807, 2.05) is 49.0 Å². The molecule has 3 rings (SSSR count). The first kappa shape index (κ1) is 13.6. The number of nitrogens with zero attached hydrogens (tertiary/aromatic N) is 3. The summed E-state index contributed by atoms with van der Waals surface area (Å²) < 4.78 is 16.0. The fraction of sp³-hybridized carbons (Fsp3) is 0.188. The molecule has 1 N–H and O–H groups in total. The van der Waals surface area contributed by atoms with E-state index in [4.69, 9.17) is 0 Å². The highest BCUT2D eigenvalue weighted by Gasteiger charge is 2.18. The number of aromatic nitrogens is 2. The molecule has 0 aliphatic carbocycles. The lowest BCUT2D eigenvalue weighted by Gasteiger charge is -2.19. The van der Waals surface area contributed by atoms with Crippen molar-refractivity contribution in [1.29, 1.82) is 0 Å². The molecule has 0 spiro atoms. The van der Waals surface area contributed by atoms with Gasteiger partial charge in [-0.3, -0.25) is 0 Å². The fourth-order valence-corrected chi connectivity index (χ4v) is 2.47. The van der Waals surface area contributed by atoms with Crippen molar-refractivity contribution in [1.82, 2.24) is 14.7 Å². The first-order chi connectivity index (χ1) is 10.2. The van der Waals surface area contributed by atoms with E-state index in [9.17, 15) is 4.39 Å². The van der Waals surface area contributed by atoms with Gasteiger partial charge in [0.25, 0.3) is 0 Å². The van der Waals surface area contributed by atoms with Crippen molar-refractivity contribution in [2.24, 2.45) is 0 Å². The maximum absolute atomic E-state index is 14.0. The Bertz CT molecular complexity index is 766. The zero-order valence-corrected chi connectivity index (χ0v) is 12.0. The average Bonchev–Trinajstić information content (AvgIpc) is 2.87. The summed E-state index contributed by atoms with van der Waals surface area (Å²) in [5.41, 5.74) is 2.36. The van der Waals surface area contributed by atoms with E-state index in [0.29, 0.717) is 12.2 Å². The molecule has 108 valence electrons. The number of hydrogen-bond donors (Lipinski definition) is 1. The van der Waals surface area contributed by atoms with E-state index in [1.54, 1.807) is 17.0 Å². The minimum atomic E-state index is -0.257. The van der Waals surface area contributed by atoms with Crippen LogP contribution in [-0.2, 0) is 6.54 Å². The third-order valence-corrected chi connectivity index (χ3v) is 3.48. The van der Waals surface area contributed by atoms with Crippen LogP contribution in [0.2, 0.25) is 0 Å². The SMILES string of the molecule is CNCc1c(N(C)c2ccccc2F)nc2ccccn12. The van der Waals surface area contributed by atoms with Gasteiger partial charge in [-0.05, 0) is 31.3 Å². The molecule has 5 heteroatoms. The summed E-state index contributed by atoms with van der Waals surface area (Å²) >= 11 is 0. The number of benzene rings is 1. The summed E-state index contributed by atoms with van der Waals surface area (Å²) in [6, 6.07) is 12.6. The van der Waals surface area contributed by atoms with Gasteiger partial charge in [0.1, 0.15) is 11.5 Å². The van der Waals surface area contributed by atoms with E-state index in [1.165, 1.54) is 6.07 Å². The van der Waals surface area contributed by atoms with Crippen molar-refractivity contribution in [2.45, 2.75) is 6.54 Å². The van der Waals surface area contributed by atoms with Crippen LogP contribution in [0, 0.1) is 5.82 Å². The van der Waals surface area contributed by atoms with E-state index < -0.39 is 0 Å². The molecule has 3 aromatic rings. The molecule has 4 nitrogen and oxygen atoms in total. The highest BCUT2D eigenvalue weighted by molar-refractivity contribution is 5.65. The van der Waals surface area contributed by atoms with Gasteiger partial charge in [-0.25, -0.2) is 9.37 Å². The number of pyridine rings is 1. The fourth-order valence-electron chi connectivity index (χ4n) is 2.47. The Kier molecular flexibility index (Phi) is 3.58. The molecule has 0 saturated heterocycles. The second kappa shape index (κ2) is 5.54. The van der Waals surface area contributed by atoms with Crippen LogP contribution < -0.4 is 10.2 Å². The number of hydrogen-bond acceptors (Lipinski definition) is 3. The minimum Gasteiger partial charge on any atom is -0.325 e. The Morgan fingerprint density at radius 1 is 1.19 bits per heavy atom. The third kappa shape index (κ3) is 2.36. The summed E-state index contributed by atoms with van der Waals surface area (Å²) in [5, 5.41) is 3.14. The lowest BCUT2D eigenvalue weighted by atomic mass is 10.2. The molecular formula is C16H17FN4. The largest absolute Gasteiger partial charge is 0.325 e. The Labute approximate surface area is 122 Å². The summed E-state index contributed by atoms with van der Waals surface area (Å²) in [5.74, 6) is 0.494. The van der Waals surface area contributed by atoms with E-state index in [0.717, 1.165) is 17.2 Å². The quantitative estimate of drug-likeness (QED) is 0.799. The van der Waals surface area contributed by atoms with Gasteiger partial charge in [0.15, 0.2) is 5.82 Å². The molecular weight excluding hydrogens is 267 g/mol. The van der Waals surface area contributed by atoms with Crippen LogP contribution in [0.5, 0.6) is 0 Å². The standard InChI is InChI=1S/C16H17FN4/c1-18-11-14-16(19-15-9-5-6-10-21(14)15)20(2)13-8-4-3-7-12(13)17/h3-10,18H,11H2,1-2H3. The number of anilines is 2. The van der Waals surface area contributed by atoms with Crippen molar-refractivity contribution < 1.29 is 4.39 Å². The molecule has 0 radical (unpaired) electrons. The first-order valence-electron chi connectivity index (χ1n) is 6.81. The van der Waals surface area contributed by atoms with E-state index >= 15 is 0 Å². The smallest absolute Gasteiger partial charge is 0.156 e. The van der Waals surface area contributed by atoms with Crippen LogP contribution in [0.15, 0.2) is 48.7 Å². The topological polar surface area (TPSA) is 32.6 Å². The Hall–Kier alpha value is -2.40. The second-order valence-electron chi connectivity index (χ2n) is 4.85. The van der Waals surface area contributed by atoms with Crippen LogP contribution in [0.25, 0.3) is 5.65 Å². The highest BCUT2D eigenvalue weighted by Crippen LogP contribution is 2.29. The van der Waals surface area contributed by atoms with Gasteiger partial charge in [0.2, 0.25) is 0 Å². The van der Waals surface area contributed by atoms with Gasteiger partial charge < -0.3 is 14.6 Å². The number of rotatable bonds is 4. The first-order valence-corrected chi connectivity index (χ1v) is 6.81. The molecule has 0 fully saturated rings. The molecule has 0 aliphatic heterocycles. The number of imidazole rings is 1. The molecule has 2 aromatic heterocycles. The normalized spacial score (nSPS) is 11.0. The molecule has 0 bridgehead atoms. The predicted octanol–water partition coefficient (Wildman–Crippen LogP) is 2.96. The number of fused-ring (bicyclic) bond motifs is 1. The minimum absolute atomic E-state index is 0.257. The van der Waals surface area contributed by atoms with Crippen molar-refractivity contribution in [3.05, 3.63) is 60.2 Å². The molecule has 1 aromatic carbocycles. The highest BCUT2D eigenvalue weighted by atomic mass is 19.1. The molecule has 21 heavy (non-hydrogen) atoms. The van der Waals surface area contributed by atoms with Crippen LogP contribution in [0.1, 0.15) is 5.69 Å². The monoisotopic (exact) mass is 284 g/mol. The van der Waals surface area contributed by atoms with Crippen LogP contribution in [-0.4, -0.2) is 23.5 Å². The maximum atomic E-state index is 14.0. The molecule has 0 saturated carbocycles. The van der Waals surface area contributed by atoms with Crippen LogP contribution in [0.4, 0.5) is 15.9 Å². The average molecular weight is 284 g/mol. The van der Waals surface area contributed by atoms with Crippen molar-refractivity contribution in [3.63, 3.8) is 0 Å². The van der Waals surface area contributed by atoms with Crippen molar-refractivity contribution in [3.8, 4) is 0 Å². The summed E-state index contributed by atoms with van der Waals surface area (Å²) in [7, 11) is 3.72. The van der Waals surface area contributed by atoms with Gasteiger partial charge in [0.05, 0.1) is 11.4 Å². The zero-order valence-electron chi connectivity index (χ0n) is 12.0. The van der Waals surface area contributed by atoms with Gasteiger partial charge in [-0.2, -0.15) is 0 Å². The maximum Gasteiger partial charge on any atom is 0.156 e. The van der Waals surface area contributed by atoms with Crippen LogP contribution >= 0.6 is 0 Å². The lowest BCUT2D eigenvalue weighted by Crippen LogP contribution is -2.16. The second-order valence-corrected chi connectivity index (χ2v) is 4.85. The lowest BCUT2D eigenvalue weighted by molar-refractivity contribution is 0.627. The van der Waals surface area contributed by atoms with Crippen molar-refractivity contribution >= 4 is 17.2 Å². The summed E-state index contributed by atoms with van der Waals surface area (Å²) in [6.45, 7) is 0.652. The van der Waals surface area contributed by atoms with Gasteiger partial charge in [-0.1, -0.05) is 18.2 Å². The Balaban J connectivity index is 2.15. The molecule has 0 atom stereocenters. The van der Waals surface area contributed by atoms with Gasteiger partial charge in [-0.15, -0.1) is 0 Å². The van der Waals surface area contributed by atoms with Gasteiger partial charge >= 0.3 is 0 Å². The Morgan fingerprint density at radius 2 is 1.95 bits per heavy atom. The van der Waals surface area contributed by atoms with Crippen molar-refractivity contribution in [2.75, 3.05) is 19.0 Å². The molecule has 0 unspecified atom stereocenters. The molecule has 0 amide bonds. The number of nitrogens with one attached hydrogen (secondary N) is 1. The number of halogens is 1. The third-order valence-electron chi connectivity index (χ3n) is 3.48. The van der Waals surface area contributed by atoms with E-state index in [-0.39, 0.29) is 5.82 Å². The van der Waals surface area contributed by atoms with Crippen LogP contribution in [0.3, 0.4) is 0 Å². The predicted molar refractivity (Wildman–Crippen MR) is 82.4 cm³/mol. The summed E-state index contributed by atoms with van der Waals surface area (Å²) in [6.07, 6.45) is 1.97. The summed E-state index contributed by atoms with van der Waals surface area (Å²) in [4.78, 5) is 6.42. The zero-order chi connectivity index (χ0) is 14.8. The van der Waals surface area contributed by atoms with E-state index in [2.05, 4.69) is 10.3 Å². The molecule has 0 aliphatic rings. The number of para-hydroxylation sites is 1.